The second kappa shape index (κ2) is 4.85. The molecule has 3 heteroatoms. The number of nitrogens with one attached hydrogen (secondary N) is 1. The van der Waals surface area contributed by atoms with E-state index in [9.17, 15) is 5.11 Å². The van der Waals surface area contributed by atoms with Gasteiger partial charge in [0.15, 0.2) is 0 Å². The highest BCUT2D eigenvalue weighted by Crippen LogP contribution is 2.20. The first-order valence-electron chi connectivity index (χ1n) is 5.91. The van der Waals surface area contributed by atoms with Gasteiger partial charge in [-0.1, -0.05) is 18.2 Å². The minimum absolute atomic E-state index is 0.404. The molecule has 0 spiro atoms. The van der Waals surface area contributed by atoms with Crippen molar-refractivity contribution < 1.29 is 5.11 Å². The summed E-state index contributed by atoms with van der Waals surface area (Å²) in [6.07, 6.45) is 0. The number of nitrogens with zero attached hydrogens (tertiary/aromatic N) is 1. The predicted octanol–water partition coefficient (Wildman–Crippen LogP) is 1.57. The van der Waals surface area contributed by atoms with Gasteiger partial charge < -0.3 is 10.4 Å². The second-order valence-corrected chi connectivity index (χ2v) is 4.72. The molecule has 2 rings (SSSR count). The predicted molar refractivity (Wildman–Crippen MR) is 65.4 cm³/mol. The number of piperazine rings is 1. The molecule has 1 saturated heterocycles. The van der Waals surface area contributed by atoms with Crippen molar-refractivity contribution in [3.63, 3.8) is 0 Å². The number of hydrogen-bond acceptors (Lipinski definition) is 3. The maximum atomic E-state index is 9.75. The lowest BCUT2D eigenvalue weighted by Crippen LogP contribution is -2.53. The van der Waals surface area contributed by atoms with Crippen molar-refractivity contribution in [2.75, 3.05) is 13.1 Å². The van der Waals surface area contributed by atoms with E-state index >= 15 is 0 Å². The molecule has 1 heterocycles. The van der Waals surface area contributed by atoms with E-state index in [4.69, 9.17) is 0 Å². The Morgan fingerprint density at radius 3 is 2.88 bits per heavy atom. The van der Waals surface area contributed by atoms with Gasteiger partial charge in [0.05, 0.1) is 0 Å². The fourth-order valence-corrected chi connectivity index (χ4v) is 2.18. The molecule has 2 atom stereocenters. The van der Waals surface area contributed by atoms with Gasteiger partial charge in [-0.15, -0.1) is 0 Å². The average molecular weight is 220 g/mol. The standard InChI is InChI=1S/C13H20N2O/c1-10-8-15(11(2)7-14-10)9-12-5-3-4-6-13(12)16/h3-6,10-11,14,16H,7-9H2,1-2H3. The molecule has 88 valence electrons. The summed E-state index contributed by atoms with van der Waals surface area (Å²) in [6, 6.07) is 8.65. The number of para-hydroxylation sites is 1. The molecule has 3 nitrogen and oxygen atoms in total. The molecule has 0 aliphatic carbocycles. The minimum Gasteiger partial charge on any atom is -0.508 e. The lowest BCUT2D eigenvalue weighted by atomic mass is 10.1. The number of hydrogen-bond donors (Lipinski definition) is 2. The zero-order valence-corrected chi connectivity index (χ0v) is 9.98. The summed E-state index contributed by atoms with van der Waals surface area (Å²) in [7, 11) is 0. The van der Waals surface area contributed by atoms with Gasteiger partial charge in [-0.05, 0) is 19.9 Å². The Labute approximate surface area is 97.1 Å². The maximum Gasteiger partial charge on any atom is 0.120 e. The Morgan fingerprint density at radius 2 is 2.12 bits per heavy atom. The molecule has 2 N–H and O–H groups in total. The van der Waals surface area contributed by atoms with Gasteiger partial charge in [0.1, 0.15) is 5.75 Å². The van der Waals surface area contributed by atoms with Crippen molar-refractivity contribution in [1.29, 1.82) is 0 Å². The van der Waals surface area contributed by atoms with Crippen LogP contribution >= 0.6 is 0 Å². The first-order valence-corrected chi connectivity index (χ1v) is 5.91. The number of rotatable bonds is 2. The maximum absolute atomic E-state index is 9.75. The number of aromatic hydroxyl groups is 1. The molecule has 0 bridgehead atoms. The van der Waals surface area contributed by atoms with Crippen molar-refractivity contribution in [3.8, 4) is 5.75 Å². The molecule has 1 fully saturated rings. The Morgan fingerprint density at radius 1 is 1.38 bits per heavy atom. The SMILES string of the molecule is CC1CN(Cc2ccccc2O)C(C)CN1. The first kappa shape index (κ1) is 11.4. The van der Waals surface area contributed by atoms with Crippen molar-refractivity contribution in [2.45, 2.75) is 32.5 Å². The van der Waals surface area contributed by atoms with Crippen molar-refractivity contribution >= 4 is 0 Å². The largest absolute Gasteiger partial charge is 0.508 e. The van der Waals surface area contributed by atoms with Crippen molar-refractivity contribution in [1.82, 2.24) is 10.2 Å². The number of benzene rings is 1. The summed E-state index contributed by atoms with van der Waals surface area (Å²) < 4.78 is 0. The van der Waals surface area contributed by atoms with Crippen LogP contribution < -0.4 is 5.32 Å². The van der Waals surface area contributed by atoms with Crippen molar-refractivity contribution in [2.24, 2.45) is 0 Å². The molecular formula is C13H20N2O. The number of phenols is 1. The molecule has 0 aromatic heterocycles. The van der Waals surface area contributed by atoms with Gasteiger partial charge in [0, 0.05) is 37.3 Å². The van der Waals surface area contributed by atoms with Gasteiger partial charge in [-0.25, -0.2) is 0 Å². The zero-order valence-electron chi connectivity index (χ0n) is 9.98. The normalized spacial score (nSPS) is 26.9. The Balaban J connectivity index is 2.06. The third kappa shape index (κ3) is 2.54. The van der Waals surface area contributed by atoms with E-state index in [2.05, 4.69) is 24.1 Å². The van der Waals surface area contributed by atoms with Crippen LogP contribution in [0.4, 0.5) is 0 Å². The lowest BCUT2D eigenvalue weighted by Gasteiger charge is -2.37. The molecular weight excluding hydrogens is 200 g/mol. The summed E-state index contributed by atoms with van der Waals surface area (Å²) in [6.45, 7) is 7.31. The lowest BCUT2D eigenvalue weighted by molar-refractivity contribution is 0.137. The van der Waals surface area contributed by atoms with E-state index in [1.54, 1.807) is 6.07 Å². The van der Waals surface area contributed by atoms with E-state index in [1.165, 1.54) is 0 Å². The van der Waals surface area contributed by atoms with Gasteiger partial charge in [0.25, 0.3) is 0 Å². The summed E-state index contributed by atoms with van der Waals surface area (Å²) in [5.74, 6) is 0.404. The molecule has 1 aromatic carbocycles. The van der Waals surface area contributed by atoms with E-state index < -0.39 is 0 Å². The van der Waals surface area contributed by atoms with Crippen LogP contribution in [0.15, 0.2) is 24.3 Å². The van der Waals surface area contributed by atoms with E-state index in [0.29, 0.717) is 17.8 Å². The fourth-order valence-electron chi connectivity index (χ4n) is 2.18. The molecule has 1 aliphatic rings. The van der Waals surface area contributed by atoms with Crippen LogP contribution in [-0.2, 0) is 6.54 Å². The fraction of sp³-hybridized carbons (Fsp3) is 0.538. The highest BCUT2D eigenvalue weighted by molar-refractivity contribution is 5.31. The molecule has 1 aromatic rings. The topological polar surface area (TPSA) is 35.5 Å². The van der Waals surface area contributed by atoms with E-state index in [0.717, 1.165) is 25.2 Å². The number of phenolic OH excluding ortho intramolecular Hbond substituents is 1. The van der Waals surface area contributed by atoms with Crippen LogP contribution in [0.2, 0.25) is 0 Å². The van der Waals surface area contributed by atoms with Gasteiger partial charge in [-0.3, -0.25) is 4.90 Å². The monoisotopic (exact) mass is 220 g/mol. The first-order chi connectivity index (χ1) is 7.66. The molecule has 0 amide bonds. The summed E-state index contributed by atoms with van der Waals surface area (Å²) in [5.41, 5.74) is 1.02. The van der Waals surface area contributed by atoms with Crippen molar-refractivity contribution in [3.05, 3.63) is 29.8 Å². The van der Waals surface area contributed by atoms with E-state index in [-0.39, 0.29) is 0 Å². The summed E-state index contributed by atoms with van der Waals surface area (Å²) in [5, 5.41) is 13.2. The average Bonchev–Trinajstić information content (AvgIpc) is 2.27. The Bertz CT molecular complexity index is 354. The highest BCUT2D eigenvalue weighted by Gasteiger charge is 2.22. The summed E-state index contributed by atoms with van der Waals surface area (Å²) >= 11 is 0. The molecule has 1 aliphatic heterocycles. The van der Waals surface area contributed by atoms with Crippen LogP contribution in [0.5, 0.6) is 5.75 Å². The molecule has 16 heavy (non-hydrogen) atoms. The second-order valence-electron chi connectivity index (χ2n) is 4.72. The summed E-state index contributed by atoms with van der Waals surface area (Å²) in [4.78, 5) is 2.41. The zero-order chi connectivity index (χ0) is 11.5. The van der Waals surface area contributed by atoms with Crippen LogP contribution in [0.3, 0.4) is 0 Å². The van der Waals surface area contributed by atoms with Crippen LogP contribution in [0.1, 0.15) is 19.4 Å². The molecule has 0 saturated carbocycles. The smallest absolute Gasteiger partial charge is 0.120 e. The molecule has 2 unspecified atom stereocenters. The third-order valence-corrected chi connectivity index (χ3v) is 3.26. The van der Waals surface area contributed by atoms with Gasteiger partial charge in [-0.2, -0.15) is 0 Å². The highest BCUT2D eigenvalue weighted by atomic mass is 16.3. The quantitative estimate of drug-likeness (QED) is 0.794. The minimum atomic E-state index is 0.404. The van der Waals surface area contributed by atoms with Crippen LogP contribution in [-0.4, -0.2) is 35.2 Å². The van der Waals surface area contributed by atoms with E-state index in [1.807, 2.05) is 18.2 Å². The Kier molecular flexibility index (Phi) is 3.46. The third-order valence-electron chi connectivity index (χ3n) is 3.26. The van der Waals surface area contributed by atoms with Crippen LogP contribution in [0, 0.1) is 0 Å². The van der Waals surface area contributed by atoms with Crippen LogP contribution in [0.25, 0.3) is 0 Å². The molecule has 0 radical (unpaired) electrons. The van der Waals surface area contributed by atoms with Gasteiger partial charge >= 0.3 is 0 Å². The van der Waals surface area contributed by atoms with Gasteiger partial charge in [0.2, 0.25) is 0 Å². The Hall–Kier alpha value is -1.06.